The highest BCUT2D eigenvalue weighted by atomic mass is 32.2. The van der Waals surface area contributed by atoms with Crippen LogP contribution in [-0.2, 0) is 16.8 Å². The summed E-state index contributed by atoms with van der Waals surface area (Å²) in [6.07, 6.45) is 4.84. The zero-order chi connectivity index (χ0) is 17.1. The van der Waals surface area contributed by atoms with Crippen LogP contribution in [0, 0.1) is 0 Å². The first-order valence-corrected chi connectivity index (χ1v) is 8.26. The second kappa shape index (κ2) is 6.73. The molecular formula is C16H14N5O2S-. The summed E-state index contributed by atoms with van der Waals surface area (Å²) in [4.78, 5) is 12.1. The van der Waals surface area contributed by atoms with E-state index in [-0.39, 0.29) is 11.7 Å². The first-order chi connectivity index (χ1) is 11.5. The second-order valence-corrected chi connectivity index (χ2v) is 6.03. The van der Waals surface area contributed by atoms with Crippen LogP contribution in [0.3, 0.4) is 0 Å². The van der Waals surface area contributed by atoms with E-state index in [4.69, 9.17) is 11.5 Å². The van der Waals surface area contributed by atoms with Gasteiger partial charge in [0.15, 0.2) is 0 Å². The Morgan fingerprint density at radius 1 is 0.917 bits per heavy atom. The molecule has 24 heavy (non-hydrogen) atoms. The molecule has 0 saturated heterocycles. The average molecular weight is 340 g/mol. The molecule has 1 unspecified atom stereocenters. The van der Waals surface area contributed by atoms with Gasteiger partial charge in [-0.1, -0.05) is 35.3 Å². The fraction of sp³-hybridized carbons (Fsp3) is 0.0625. The third kappa shape index (κ3) is 3.55. The van der Waals surface area contributed by atoms with E-state index in [9.17, 15) is 8.76 Å². The number of rotatable bonds is 4. The summed E-state index contributed by atoms with van der Waals surface area (Å²) in [5, 5.41) is 0. The number of nitrogens with two attached hydrogens (primary N) is 2. The molecule has 0 aliphatic heterocycles. The second-order valence-electron chi connectivity index (χ2n) is 5.13. The van der Waals surface area contributed by atoms with Crippen LogP contribution in [0.5, 0.6) is 0 Å². The van der Waals surface area contributed by atoms with Crippen LogP contribution in [0.1, 0.15) is 5.56 Å². The molecule has 0 fully saturated rings. The van der Waals surface area contributed by atoms with Crippen molar-refractivity contribution in [2.75, 3.05) is 11.5 Å². The Kier molecular flexibility index (Phi) is 4.50. The molecular weight excluding hydrogens is 326 g/mol. The molecule has 1 atom stereocenters. The molecule has 0 bridgehead atoms. The number of nitrogens with zero attached hydrogens (tertiary/aromatic N) is 3. The normalized spacial score (nSPS) is 12.0. The molecule has 0 saturated carbocycles. The van der Waals surface area contributed by atoms with Gasteiger partial charge in [-0.3, -0.25) is 4.21 Å². The molecule has 3 rings (SSSR count). The van der Waals surface area contributed by atoms with Crippen molar-refractivity contribution in [3.8, 4) is 22.3 Å². The van der Waals surface area contributed by atoms with Crippen molar-refractivity contribution in [3.05, 3.63) is 54.5 Å². The van der Waals surface area contributed by atoms with Crippen LogP contribution < -0.4 is 11.5 Å². The molecule has 0 amide bonds. The lowest BCUT2D eigenvalue weighted by Gasteiger charge is -2.09. The van der Waals surface area contributed by atoms with Gasteiger partial charge in [0.05, 0.1) is 0 Å². The maximum absolute atomic E-state index is 10.7. The van der Waals surface area contributed by atoms with E-state index in [0.29, 0.717) is 11.4 Å². The molecule has 2 heterocycles. The first kappa shape index (κ1) is 16.0. The van der Waals surface area contributed by atoms with Crippen LogP contribution in [-0.4, -0.2) is 23.7 Å². The van der Waals surface area contributed by atoms with Crippen molar-refractivity contribution in [1.82, 2.24) is 15.0 Å². The van der Waals surface area contributed by atoms with Crippen LogP contribution >= 0.6 is 0 Å². The molecule has 7 nitrogen and oxygen atoms in total. The van der Waals surface area contributed by atoms with Gasteiger partial charge in [0.25, 0.3) is 0 Å². The van der Waals surface area contributed by atoms with E-state index in [1.165, 1.54) is 0 Å². The van der Waals surface area contributed by atoms with Gasteiger partial charge in [0, 0.05) is 41.0 Å². The lowest BCUT2D eigenvalue weighted by molar-refractivity contribution is 0.536. The Morgan fingerprint density at radius 3 is 2.17 bits per heavy atom. The molecule has 3 aromatic rings. The highest BCUT2D eigenvalue weighted by Crippen LogP contribution is 2.29. The van der Waals surface area contributed by atoms with E-state index >= 15 is 0 Å². The number of hydrogen-bond acceptors (Lipinski definition) is 7. The predicted molar refractivity (Wildman–Crippen MR) is 92.1 cm³/mol. The summed E-state index contributed by atoms with van der Waals surface area (Å²) in [6, 6.07) is 9.12. The van der Waals surface area contributed by atoms with E-state index in [0.717, 1.165) is 22.3 Å². The molecule has 2 aromatic heterocycles. The van der Waals surface area contributed by atoms with Gasteiger partial charge in [-0.2, -0.15) is 0 Å². The quantitative estimate of drug-likeness (QED) is 0.692. The zero-order valence-electron chi connectivity index (χ0n) is 12.5. The van der Waals surface area contributed by atoms with Gasteiger partial charge in [-0.25, -0.2) is 15.0 Å². The van der Waals surface area contributed by atoms with E-state index in [2.05, 4.69) is 15.0 Å². The number of anilines is 2. The van der Waals surface area contributed by atoms with E-state index in [1.54, 1.807) is 30.7 Å². The number of nitrogen functional groups attached to an aromatic ring is 2. The number of pyridine rings is 1. The van der Waals surface area contributed by atoms with Crippen LogP contribution in [0.4, 0.5) is 11.8 Å². The fourth-order valence-electron chi connectivity index (χ4n) is 2.27. The van der Waals surface area contributed by atoms with Crippen molar-refractivity contribution in [2.45, 2.75) is 5.75 Å². The lowest BCUT2D eigenvalue weighted by Crippen LogP contribution is -1.98. The Morgan fingerprint density at radius 2 is 1.54 bits per heavy atom. The summed E-state index contributed by atoms with van der Waals surface area (Å²) in [7, 11) is 0. The molecule has 0 aliphatic carbocycles. The highest BCUT2D eigenvalue weighted by Gasteiger charge is 2.08. The molecule has 4 N–H and O–H groups in total. The van der Waals surface area contributed by atoms with Crippen molar-refractivity contribution in [1.29, 1.82) is 0 Å². The lowest BCUT2D eigenvalue weighted by atomic mass is 10.0. The van der Waals surface area contributed by atoms with Gasteiger partial charge in [0.2, 0.25) is 5.95 Å². The summed E-state index contributed by atoms with van der Waals surface area (Å²) in [5.41, 5.74) is 15.4. The Bertz CT molecular complexity index is 882. The molecule has 1 aromatic carbocycles. The minimum absolute atomic E-state index is 0.00566. The fourth-order valence-corrected chi connectivity index (χ4v) is 2.74. The van der Waals surface area contributed by atoms with Crippen molar-refractivity contribution >= 4 is 22.8 Å². The van der Waals surface area contributed by atoms with E-state index in [1.807, 2.05) is 18.2 Å². The zero-order valence-corrected chi connectivity index (χ0v) is 13.4. The summed E-state index contributed by atoms with van der Waals surface area (Å²) < 4.78 is 21.5. The molecule has 0 spiro atoms. The van der Waals surface area contributed by atoms with Crippen molar-refractivity contribution in [3.63, 3.8) is 0 Å². The summed E-state index contributed by atoms with van der Waals surface area (Å²) >= 11 is -2.10. The molecule has 0 aliphatic rings. The highest BCUT2D eigenvalue weighted by molar-refractivity contribution is 7.78. The minimum atomic E-state index is -2.10. The topological polar surface area (TPSA) is 131 Å². The van der Waals surface area contributed by atoms with Gasteiger partial charge in [-0.15, -0.1) is 0 Å². The van der Waals surface area contributed by atoms with Gasteiger partial charge < -0.3 is 16.0 Å². The van der Waals surface area contributed by atoms with Gasteiger partial charge in [-0.05, 0) is 17.2 Å². The minimum Gasteiger partial charge on any atom is -0.772 e. The van der Waals surface area contributed by atoms with Crippen LogP contribution in [0.2, 0.25) is 0 Å². The number of hydrogen-bond donors (Lipinski definition) is 2. The summed E-state index contributed by atoms with van der Waals surface area (Å²) in [5.74, 6) is 0.548. The molecule has 122 valence electrons. The third-order valence-electron chi connectivity index (χ3n) is 3.47. The largest absolute Gasteiger partial charge is 0.772 e. The SMILES string of the molecule is Nc1ncc(-c2cc(-c3ccc(CS(=O)[O-])cc3)cnc2N)cn1. The maximum atomic E-state index is 10.7. The van der Waals surface area contributed by atoms with Crippen LogP contribution in [0.25, 0.3) is 22.3 Å². The molecule has 0 radical (unpaired) electrons. The Labute approximate surface area is 141 Å². The standard InChI is InChI=1S/C16H15N5O2S/c17-15-14(13-7-20-16(18)21-8-13)5-12(6-19-15)11-3-1-10(2-4-11)9-24(22)23/h1-8H,9H2,(H2,17,19)(H,22,23)(H2,18,20,21)/p-1. The van der Waals surface area contributed by atoms with Crippen LogP contribution in [0.15, 0.2) is 48.9 Å². The monoisotopic (exact) mass is 340 g/mol. The van der Waals surface area contributed by atoms with Gasteiger partial charge in [0.1, 0.15) is 5.82 Å². The maximum Gasteiger partial charge on any atom is 0.219 e. The summed E-state index contributed by atoms with van der Waals surface area (Å²) in [6.45, 7) is 0. The first-order valence-electron chi connectivity index (χ1n) is 7.01. The number of benzene rings is 1. The Hall–Kier alpha value is -2.84. The van der Waals surface area contributed by atoms with E-state index < -0.39 is 11.1 Å². The Balaban J connectivity index is 1.96. The van der Waals surface area contributed by atoms with Crippen molar-refractivity contribution in [2.24, 2.45) is 0 Å². The molecule has 8 heteroatoms. The van der Waals surface area contributed by atoms with Gasteiger partial charge >= 0.3 is 0 Å². The third-order valence-corrected chi connectivity index (χ3v) is 4.04. The smallest absolute Gasteiger partial charge is 0.219 e. The average Bonchev–Trinajstić information content (AvgIpc) is 2.56. The predicted octanol–water partition coefficient (Wildman–Crippen LogP) is 1.75. The number of aromatic nitrogens is 3. The van der Waals surface area contributed by atoms with Crippen molar-refractivity contribution < 1.29 is 8.76 Å².